The molecule has 0 fully saturated rings. The Balaban J connectivity index is 2.21. The minimum atomic E-state index is -0.175. The molecule has 1 rings (SSSR count). The number of hydrogen-bond donors (Lipinski definition) is 3. The lowest BCUT2D eigenvalue weighted by Gasteiger charge is -2.07. The second kappa shape index (κ2) is 8.66. The summed E-state index contributed by atoms with van der Waals surface area (Å²) in [5, 5.41) is 8.25. The van der Waals surface area contributed by atoms with Gasteiger partial charge in [0.1, 0.15) is 0 Å². The molecule has 0 aliphatic carbocycles. The van der Waals surface area contributed by atoms with E-state index in [-0.39, 0.29) is 24.9 Å². The van der Waals surface area contributed by atoms with Crippen molar-refractivity contribution in [1.82, 2.24) is 10.6 Å². The van der Waals surface area contributed by atoms with Gasteiger partial charge in [0, 0.05) is 16.7 Å². The molecule has 5 nitrogen and oxygen atoms in total. The normalized spacial score (nSPS) is 10.0. The lowest BCUT2D eigenvalue weighted by Crippen LogP contribution is -2.37. The second-order valence-corrected chi connectivity index (χ2v) is 4.92. The Labute approximate surface area is 121 Å². The van der Waals surface area contributed by atoms with E-state index >= 15 is 0 Å². The smallest absolute Gasteiger partial charge is 0.238 e. The highest BCUT2D eigenvalue weighted by molar-refractivity contribution is 9.10. The monoisotopic (exact) mass is 327 g/mol. The summed E-state index contributed by atoms with van der Waals surface area (Å²) in [4.78, 5) is 22.8. The Morgan fingerprint density at radius 1 is 1.11 bits per heavy atom. The first-order valence-corrected chi connectivity index (χ1v) is 6.94. The summed E-state index contributed by atoms with van der Waals surface area (Å²) in [5.41, 5.74) is 0.727. The number of anilines is 1. The average molecular weight is 328 g/mol. The maximum Gasteiger partial charge on any atom is 0.238 e. The largest absolute Gasteiger partial charge is 0.355 e. The molecular weight excluding hydrogens is 310 g/mol. The van der Waals surface area contributed by atoms with E-state index in [1.165, 1.54) is 0 Å². The molecule has 6 heteroatoms. The van der Waals surface area contributed by atoms with Crippen molar-refractivity contribution in [2.45, 2.75) is 13.3 Å². The third-order valence-electron chi connectivity index (χ3n) is 2.27. The average Bonchev–Trinajstić information content (AvgIpc) is 2.39. The van der Waals surface area contributed by atoms with Crippen molar-refractivity contribution in [1.29, 1.82) is 0 Å². The van der Waals surface area contributed by atoms with Crippen LogP contribution in [0.2, 0.25) is 0 Å². The minimum absolute atomic E-state index is 0.0988. The van der Waals surface area contributed by atoms with Gasteiger partial charge in [-0.05, 0) is 30.7 Å². The molecule has 0 aliphatic rings. The van der Waals surface area contributed by atoms with Gasteiger partial charge in [0.15, 0.2) is 0 Å². The van der Waals surface area contributed by atoms with Gasteiger partial charge in [-0.1, -0.05) is 22.9 Å². The third-order valence-corrected chi connectivity index (χ3v) is 2.80. The standard InChI is InChI=1S/C13H18BrN3O2/c1-2-7-16-12(18)8-15-9-13(19)17-11-5-3-10(14)4-6-11/h3-6,15H,2,7-9H2,1H3,(H,16,18)(H,17,19). The van der Waals surface area contributed by atoms with Crippen molar-refractivity contribution in [2.75, 3.05) is 25.0 Å². The van der Waals surface area contributed by atoms with Crippen LogP contribution in [0.3, 0.4) is 0 Å². The zero-order chi connectivity index (χ0) is 14.1. The molecule has 2 amide bonds. The Kier molecular flexibility index (Phi) is 7.14. The highest BCUT2D eigenvalue weighted by atomic mass is 79.9. The molecule has 0 unspecified atom stereocenters. The van der Waals surface area contributed by atoms with E-state index in [1.54, 1.807) is 12.1 Å². The first kappa shape index (κ1) is 15.7. The van der Waals surface area contributed by atoms with Crippen LogP contribution in [0.25, 0.3) is 0 Å². The summed E-state index contributed by atoms with van der Waals surface area (Å²) >= 11 is 3.32. The van der Waals surface area contributed by atoms with Crippen LogP contribution in [-0.2, 0) is 9.59 Å². The number of benzene rings is 1. The van der Waals surface area contributed by atoms with Gasteiger partial charge in [0.25, 0.3) is 0 Å². The van der Waals surface area contributed by atoms with Crippen LogP contribution in [-0.4, -0.2) is 31.4 Å². The predicted octanol–water partition coefficient (Wildman–Crippen LogP) is 1.50. The first-order valence-electron chi connectivity index (χ1n) is 6.14. The topological polar surface area (TPSA) is 70.2 Å². The summed E-state index contributed by atoms with van der Waals surface area (Å²) < 4.78 is 0.955. The molecule has 0 bridgehead atoms. The number of halogens is 1. The third kappa shape index (κ3) is 6.93. The van der Waals surface area contributed by atoms with Gasteiger partial charge in [-0.3, -0.25) is 14.9 Å². The van der Waals surface area contributed by atoms with Crippen LogP contribution in [0, 0.1) is 0 Å². The van der Waals surface area contributed by atoms with Crippen molar-refractivity contribution >= 4 is 33.4 Å². The van der Waals surface area contributed by atoms with Gasteiger partial charge in [0.05, 0.1) is 13.1 Å². The number of hydrogen-bond acceptors (Lipinski definition) is 3. The molecule has 3 N–H and O–H groups in total. The zero-order valence-electron chi connectivity index (χ0n) is 10.8. The van der Waals surface area contributed by atoms with Crippen LogP contribution in [0.15, 0.2) is 28.7 Å². The number of amides is 2. The van der Waals surface area contributed by atoms with Crippen molar-refractivity contribution in [2.24, 2.45) is 0 Å². The van der Waals surface area contributed by atoms with Crippen LogP contribution < -0.4 is 16.0 Å². The molecule has 1 aromatic rings. The Bertz CT molecular complexity index is 420. The van der Waals surface area contributed by atoms with Crippen LogP contribution in [0.5, 0.6) is 0 Å². The second-order valence-electron chi connectivity index (χ2n) is 4.01. The van der Waals surface area contributed by atoms with Crippen molar-refractivity contribution < 1.29 is 9.59 Å². The fourth-order valence-corrected chi connectivity index (χ4v) is 1.62. The number of carbonyl (C=O) groups is 2. The van der Waals surface area contributed by atoms with E-state index < -0.39 is 0 Å². The number of rotatable bonds is 7. The van der Waals surface area contributed by atoms with Crippen molar-refractivity contribution in [3.8, 4) is 0 Å². The lowest BCUT2D eigenvalue weighted by atomic mass is 10.3. The Morgan fingerprint density at radius 2 is 1.74 bits per heavy atom. The summed E-state index contributed by atoms with van der Waals surface area (Å²) in [7, 11) is 0. The van der Waals surface area contributed by atoms with Gasteiger partial charge in [-0.2, -0.15) is 0 Å². The zero-order valence-corrected chi connectivity index (χ0v) is 12.4. The number of carbonyl (C=O) groups excluding carboxylic acids is 2. The molecule has 0 aromatic heterocycles. The van der Waals surface area contributed by atoms with Crippen LogP contribution >= 0.6 is 15.9 Å². The minimum Gasteiger partial charge on any atom is -0.355 e. The molecular formula is C13H18BrN3O2. The van der Waals surface area contributed by atoms with Crippen molar-refractivity contribution in [3.05, 3.63) is 28.7 Å². The summed E-state index contributed by atoms with van der Waals surface area (Å²) in [6, 6.07) is 7.30. The lowest BCUT2D eigenvalue weighted by molar-refractivity contribution is -0.120. The van der Waals surface area contributed by atoms with Gasteiger partial charge >= 0.3 is 0 Å². The van der Waals surface area contributed by atoms with E-state index in [9.17, 15) is 9.59 Å². The van der Waals surface area contributed by atoms with E-state index in [1.807, 2.05) is 19.1 Å². The fourth-order valence-electron chi connectivity index (χ4n) is 1.35. The molecule has 0 saturated heterocycles. The fraction of sp³-hybridized carbons (Fsp3) is 0.385. The molecule has 1 aromatic carbocycles. The summed E-state index contributed by atoms with van der Waals surface area (Å²) in [6.45, 7) is 2.90. The maximum absolute atomic E-state index is 11.6. The van der Waals surface area contributed by atoms with E-state index in [2.05, 4.69) is 31.9 Å². The van der Waals surface area contributed by atoms with E-state index in [0.717, 1.165) is 16.6 Å². The van der Waals surface area contributed by atoms with E-state index in [4.69, 9.17) is 0 Å². The molecule has 19 heavy (non-hydrogen) atoms. The highest BCUT2D eigenvalue weighted by Crippen LogP contribution is 2.13. The van der Waals surface area contributed by atoms with E-state index in [0.29, 0.717) is 6.54 Å². The van der Waals surface area contributed by atoms with Gasteiger partial charge in [-0.15, -0.1) is 0 Å². The van der Waals surface area contributed by atoms with Gasteiger partial charge in [-0.25, -0.2) is 0 Å². The molecule has 0 aliphatic heterocycles. The van der Waals surface area contributed by atoms with Gasteiger partial charge < -0.3 is 10.6 Å². The number of nitrogens with one attached hydrogen (secondary N) is 3. The van der Waals surface area contributed by atoms with Crippen molar-refractivity contribution in [3.63, 3.8) is 0 Å². The van der Waals surface area contributed by atoms with Crippen LogP contribution in [0.4, 0.5) is 5.69 Å². The first-order chi connectivity index (χ1) is 9.11. The Hall–Kier alpha value is -1.40. The Morgan fingerprint density at radius 3 is 2.37 bits per heavy atom. The molecule has 0 radical (unpaired) electrons. The molecule has 0 heterocycles. The molecule has 104 valence electrons. The quantitative estimate of drug-likeness (QED) is 0.710. The molecule has 0 saturated carbocycles. The SMILES string of the molecule is CCCNC(=O)CNCC(=O)Nc1ccc(Br)cc1. The highest BCUT2D eigenvalue weighted by Gasteiger charge is 2.04. The summed E-state index contributed by atoms with van der Waals surface area (Å²) in [5.74, 6) is -0.274. The maximum atomic E-state index is 11.6. The molecule has 0 atom stereocenters. The predicted molar refractivity (Wildman–Crippen MR) is 78.9 cm³/mol. The van der Waals surface area contributed by atoms with Crippen LogP contribution in [0.1, 0.15) is 13.3 Å². The molecule has 0 spiro atoms. The van der Waals surface area contributed by atoms with Gasteiger partial charge in [0.2, 0.25) is 11.8 Å². The summed E-state index contributed by atoms with van der Waals surface area (Å²) in [6.07, 6.45) is 0.899.